The zero-order chi connectivity index (χ0) is 20.1. The summed E-state index contributed by atoms with van der Waals surface area (Å²) in [5.41, 5.74) is 2.81. The number of rotatable bonds is 7. The van der Waals surface area contributed by atoms with Crippen LogP contribution in [0.4, 0.5) is 10.1 Å². The van der Waals surface area contributed by atoms with E-state index in [0.717, 1.165) is 22.6 Å². The van der Waals surface area contributed by atoms with Crippen LogP contribution in [0.2, 0.25) is 0 Å². The first-order chi connectivity index (χ1) is 13.4. The van der Waals surface area contributed by atoms with Gasteiger partial charge in [0.1, 0.15) is 11.6 Å². The molecule has 1 unspecified atom stereocenters. The molecule has 2 amide bonds. The second-order valence-electron chi connectivity index (χ2n) is 7.05. The molecule has 148 valence electrons. The number of hydrogen-bond donors (Lipinski definition) is 1. The monoisotopic (exact) mass is 384 g/mol. The summed E-state index contributed by atoms with van der Waals surface area (Å²) < 4.78 is 18.8. The Labute approximate surface area is 164 Å². The third-order valence-corrected chi connectivity index (χ3v) is 5.10. The molecule has 0 spiro atoms. The minimum absolute atomic E-state index is 0.0218. The van der Waals surface area contributed by atoms with Crippen LogP contribution in [-0.4, -0.2) is 30.4 Å². The second kappa shape index (κ2) is 8.87. The Balaban J connectivity index is 1.45. The SMILES string of the molecule is CC(c1ccc(F)cc1)N(C)C(=O)CCCOc1ccc2c(c1)CCC(=O)N2. The average molecular weight is 384 g/mol. The molecule has 2 aromatic rings. The minimum atomic E-state index is -0.286. The standard InChI is InChI=1S/C22H25FN2O3/c1-15(16-5-8-18(23)9-6-16)25(2)22(27)4-3-13-28-19-10-11-20-17(14-19)7-12-21(26)24-20/h5-6,8-11,14-15H,3-4,7,12-13H2,1-2H3,(H,24,26). The number of benzene rings is 2. The van der Waals surface area contributed by atoms with Crippen LogP contribution in [0.15, 0.2) is 42.5 Å². The van der Waals surface area contributed by atoms with Crippen molar-refractivity contribution in [3.8, 4) is 5.75 Å². The van der Waals surface area contributed by atoms with Crippen LogP contribution in [0, 0.1) is 5.82 Å². The lowest BCUT2D eigenvalue weighted by Crippen LogP contribution is -2.29. The first-order valence-electron chi connectivity index (χ1n) is 9.51. The number of carbonyl (C=O) groups excluding carboxylic acids is 2. The van der Waals surface area contributed by atoms with Crippen LogP contribution in [0.1, 0.15) is 43.4 Å². The van der Waals surface area contributed by atoms with Crippen LogP contribution in [0.25, 0.3) is 0 Å². The molecule has 6 heteroatoms. The van der Waals surface area contributed by atoms with Crippen LogP contribution < -0.4 is 10.1 Å². The van der Waals surface area contributed by atoms with Crippen molar-refractivity contribution in [1.29, 1.82) is 0 Å². The second-order valence-corrected chi connectivity index (χ2v) is 7.05. The van der Waals surface area contributed by atoms with E-state index in [1.165, 1.54) is 12.1 Å². The largest absolute Gasteiger partial charge is 0.494 e. The summed E-state index contributed by atoms with van der Waals surface area (Å²) >= 11 is 0. The van der Waals surface area contributed by atoms with E-state index >= 15 is 0 Å². The lowest BCUT2D eigenvalue weighted by atomic mass is 10.0. The van der Waals surface area contributed by atoms with Crippen LogP contribution in [-0.2, 0) is 16.0 Å². The number of ether oxygens (including phenoxy) is 1. The molecule has 0 saturated carbocycles. The number of anilines is 1. The van der Waals surface area contributed by atoms with Gasteiger partial charge in [-0.25, -0.2) is 4.39 Å². The molecular formula is C22H25FN2O3. The van der Waals surface area contributed by atoms with Gasteiger partial charge in [-0.1, -0.05) is 12.1 Å². The number of hydrogen-bond acceptors (Lipinski definition) is 3. The molecule has 1 heterocycles. The molecule has 28 heavy (non-hydrogen) atoms. The summed E-state index contributed by atoms with van der Waals surface area (Å²) in [6, 6.07) is 11.7. The fourth-order valence-corrected chi connectivity index (χ4v) is 3.22. The fraction of sp³-hybridized carbons (Fsp3) is 0.364. The van der Waals surface area contributed by atoms with E-state index in [0.29, 0.717) is 32.3 Å². The number of fused-ring (bicyclic) bond motifs is 1. The molecular weight excluding hydrogens is 359 g/mol. The smallest absolute Gasteiger partial charge is 0.224 e. The van der Waals surface area contributed by atoms with Gasteiger partial charge in [-0.3, -0.25) is 9.59 Å². The molecule has 1 aliphatic heterocycles. The highest BCUT2D eigenvalue weighted by molar-refractivity contribution is 5.94. The van der Waals surface area contributed by atoms with Gasteiger partial charge in [-0.15, -0.1) is 0 Å². The Bertz CT molecular complexity index is 851. The van der Waals surface area contributed by atoms with Gasteiger partial charge in [0.15, 0.2) is 0 Å². The minimum Gasteiger partial charge on any atom is -0.494 e. The highest BCUT2D eigenvalue weighted by Gasteiger charge is 2.18. The van der Waals surface area contributed by atoms with Crippen LogP contribution in [0.3, 0.4) is 0 Å². The van der Waals surface area contributed by atoms with Crippen molar-refractivity contribution in [2.75, 3.05) is 19.0 Å². The Morgan fingerprint density at radius 3 is 2.71 bits per heavy atom. The van der Waals surface area contributed by atoms with E-state index in [-0.39, 0.29) is 23.7 Å². The number of amides is 2. The van der Waals surface area contributed by atoms with E-state index in [2.05, 4.69) is 5.32 Å². The maximum atomic E-state index is 13.1. The van der Waals surface area contributed by atoms with Crippen molar-refractivity contribution in [1.82, 2.24) is 4.90 Å². The summed E-state index contributed by atoms with van der Waals surface area (Å²) in [7, 11) is 1.76. The number of carbonyl (C=O) groups is 2. The Kier molecular flexibility index (Phi) is 6.29. The lowest BCUT2D eigenvalue weighted by Gasteiger charge is -2.25. The molecule has 5 nitrogen and oxygen atoms in total. The summed E-state index contributed by atoms with van der Waals surface area (Å²) in [6.45, 7) is 2.36. The van der Waals surface area contributed by atoms with Gasteiger partial charge in [0.05, 0.1) is 12.6 Å². The first-order valence-corrected chi connectivity index (χ1v) is 9.51. The van der Waals surface area contributed by atoms with Gasteiger partial charge in [-0.05, 0) is 61.2 Å². The van der Waals surface area contributed by atoms with Crippen molar-refractivity contribution in [2.24, 2.45) is 0 Å². The fourth-order valence-electron chi connectivity index (χ4n) is 3.22. The molecule has 1 atom stereocenters. The molecule has 0 radical (unpaired) electrons. The first kappa shape index (κ1) is 19.9. The maximum absolute atomic E-state index is 13.1. The van der Waals surface area contributed by atoms with E-state index in [1.807, 2.05) is 25.1 Å². The lowest BCUT2D eigenvalue weighted by molar-refractivity contribution is -0.132. The summed E-state index contributed by atoms with van der Waals surface area (Å²) in [6.07, 6.45) is 2.18. The number of aryl methyl sites for hydroxylation is 1. The van der Waals surface area contributed by atoms with E-state index < -0.39 is 0 Å². The zero-order valence-corrected chi connectivity index (χ0v) is 16.2. The van der Waals surface area contributed by atoms with Crippen molar-refractivity contribution < 1.29 is 18.7 Å². The van der Waals surface area contributed by atoms with E-state index in [9.17, 15) is 14.0 Å². The van der Waals surface area contributed by atoms with Crippen molar-refractivity contribution in [3.05, 3.63) is 59.4 Å². The Morgan fingerprint density at radius 1 is 1.21 bits per heavy atom. The van der Waals surface area contributed by atoms with Gasteiger partial charge in [0.2, 0.25) is 11.8 Å². The van der Waals surface area contributed by atoms with Gasteiger partial charge in [-0.2, -0.15) is 0 Å². The van der Waals surface area contributed by atoms with Crippen molar-refractivity contribution >= 4 is 17.5 Å². The molecule has 0 bridgehead atoms. The van der Waals surface area contributed by atoms with Crippen molar-refractivity contribution in [2.45, 2.75) is 38.6 Å². The molecule has 2 aromatic carbocycles. The van der Waals surface area contributed by atoms with Gasteiger partial charge < -0.3 is 15.0 Å². The zero-order valence-electron chi connectivity index (χ0n) is 16.2. The van der Waals surface area contributed by atoms with Crippen LogP contribution in [0.5, 0.6) is 5.75 Å². The highest BCUT2D eigenvalue weighted by atomic mass is 19.1. The molecule has 0 saturated heterocycles. The van der Waals surface area contributed by atoms with Crippen LogP contribution >= 0.6 is 0 Å². The quantitative estimate of drug-likeness (QED) is 0.732. The summed E-state index contributed by atoms with van der Waals surface area (Å²) in [5, 5.41) is 2.84. The summed E-state index contributed by atoms with van der Waals surface area (Å²) in [5.74, 6) is 0.522. The van der Waals surface area contributed by atoms with Gasteiger partial charge in [0, 0.05) is 25.6 Å². The molecule has 1 aliphatic rings. The molecule has 0 aromatic heterocycles. The number of nitrogens with one attached hydrogen (secondary N) is 1. The third-order valence-electron chi connectivity index (χ3n) is 5.10. The predicted octanol–water partition coefficient (Wildman–Crippen LogP) is 4.09. The molecule has 1 N–H and O–H groups in total. The van der Waals surface area contributed by atoms with E-state index in [4.69, 9.17) is 4.74 Å². The van der Waals surface area contributed by atoms with Gasteiger partial charge in [0.25, 0.3) is 0 Å². The third kappa shape index (κ3) is 4.88. The number of halogens is 1. The molecule has 3 rings (SSSR count). The van der Waals surface area contributed by atoms with Gasteiger partial charge >= 0.3 is 0 Å². The Morgan fingerprint density at radius 2 is 1.96 bits per heavy atom. The highest BCUT2D eigenvalue weighted by Crippen LogP contribution is 2.27. The normalized spacial score (nSPS) is 14.0. The van der Waals surface area contributed by atoms with Crippen molar-refractivity contribution in [3.63, 3.8) is 0 Å². The Hall–Kier alpha value is -2.89. The number of nitrogens with zero attached hydrogens (tertiary/aromatic N) is 1. The summed E-state index contributed by atoms with van der Waals surface area (Å²) in [4.78, 5) is 25.5. The molecule has 0 aliphatic carbocycles. The molecule has 0 fully saturated rings. The topological polar surface area (TPSA) is 58.6 Å². The maximum Gasteiger partial charge on any atom is 0.224 e. The predicted molar refractivity (Wildman–Crippen MR) is 106 cm³/mol. The van der Waals surface area contributed by atoms with E-state index in [1.54, 1.807) is 24.1 Å². The average Bonchev–Trinajstić information content (AvgIpc) is 2.70.